The number of hydrogen-bond donors (Lipinski definition) is 0. The van der Waals surface area contributed by atoms with Gasteiger partial charge in [-0.2, -0.15) is 0 Å². The number of hydrogen-bond acceptors (Lipinski definition) is 5. The van der Waals surface area contributed by atoms with Crippen LogP contribution >= 0.6 is 35.7 Å². The van der Waals surface area contributed by atoms with Crippen LogP contribution in [-0.2, 0) is 0 Å². The van der Waals surface area contributed by atoms with Crippen molar-refractivity contribution < 1.29 is 4.92 Å². The van der Waals surface area contributed by atoms with Gasteiger partial charge < -0.3 is 0 Å². The first kappa shape index (κ1) is 14.5. The van der Waals surface area contributed by atoms with Crippen molar-refractivity contribution in [1.82, 2.24) is 0 Å². The fraction of sp³-hybridized carbons (Fsp3) is 0.364. The van der Waals surface area contributed by atoms with E-state index in [1.54, 1.807) is 30.0 Å². The third kappa shape index (κ3) is 5.06. The monoisotopic (exact) mass is 287 g/mol. The molecule has 3 nitrogen and oxygen atoms in total. The van der Waals surface area contributed by atoms with Crippen LogP contribution in [0, 0.1) is 10.1 Å². The van der Waals surface area contributed by atoms with E-state index in [9.17, 15) is 10.1 Å². The Bertz CT molecular complexity index is 441. The summed E-state index contributed by atoms with van der Waals surface area (Å²) >= 11 is 8.06. The maximum absolute atomic E-state index is 10.8. The second-order valence-electron chi connectivity index (χ2n) is 4.29. The summed E-state index contributed by atoms with van der Waals surface area (Å²) in [7, 11) is 0. The van der Waals surface area contributed by atoms with Gasteiger partial charge in [-0.15, -0.1) is 11.8 Å². The van der Waals surface area contributed by atoms with E-state index in [2.05, 4.69) is 20.8 Å². The molecule has 92 valence electrons. The highest BCUT2D eigenvalue weighted by molar-refractivity contribution is 8.47. The van der Waals surface area contributed by atoms with Crippen LogP contribution in [0.15, 0.2) is 29.2 Å². The number of benzene rings is 1. The van der Waals surface area contributed by atoms with Crippen molar-refractivity contribution in [3.63, 3.8) is 0 Å². The summed E-state index contributed by atoms with van der Waals surface area (Å²) in [6, 6.07) is 6.65. The van der Waals surface area contributed by atoms with Gasteiger partial charge in [0.25, 0.3) is 5.69 Å². The van der Waals surface area contributed by atoms with Gasteiger partial charge in [0.05, 0.1) is 9.82 Å². The first-order valence-corrected chi connectivity index (χ1v) is 6.98. The van der Waals surface area contributed by atoms with Crippen molar-refractivity contribution in [3.8, 4) is 0 Å². The molecule has 0 unspecified atom stereocenters. The van der Waals surface area contributed by atoms with E-state index >= 15 is 0 Å². The van der Waals surface area contributed by atoms with Gasteiger partial charge in [0, 0.05) is 10.8 Å². The Labute approximate surface area is 115 Å². The SMILES string of the molecule is CC(C)(C)SC(=S)Sc1ccccc1[N+](=O)[O-]. The van der Waals surface area contributed by atoms with Crippen molar-refractivity contribution in [1.29, 1.82) is 0 Å². The molecule has 0 aliphatic heterocycles. The molecule has 0 atom stereocenters. The highest BCUT2D eigenvalue weighted by Gasteiger charge is 2.19. The largest absolute Gasteiger partial charge is 0.283 e. The van der Waals surface area contributed by atoms with Crippen LogP contribution in [-0.4, -0.2) is 13.2 Å². The van der Waals surface area contributed by atoms with Crippen LogP contribution in [0.2, 0.25) is 0 Å². The Morgan fingerprint density at radius 2 is 1.94 bits per heavy atom. The van der Waals surface area contributed by atoms with E-state index in [0.29, 0.717) is 8.42 Å². The summed E-state index contributed by atoms with van der Waals surface area (Å²) in [6.45, 7) is 6.18. The molecule has 0 aromatic heterocycles. The average Bonchev–Trinajstić information content (AvgIpc) is 2.14. The van der Waals surface area contributed by atoms with Crippen molar-refractivity contribution >= 4 is 45.0 Å². The Morgan fingerprint density at radius 3 is 2.47 bits per heavy atom. The molecule has 0 aliphatic rings. The average molecular weight is 287 g/mol. The topological polar surface area (TPSA) is 43.1 Å². The molecule has 0 bridgehead atoms. The molecule has 1 aromatic carbocycles. The fourth-order valence-corrected chi connectivity index (χ4v) is 4.33. The van der Waals surface area contributed by atoms with Crippen LogP contribution in [0.5, 0.6) is 0 Å². The van der Waals surface area contributed by atoms with Crippen molar-refractivity contribution in [2.24, 2.45) is 0 Å². The molecular formula is C11H13NO2S3. The van der Waals surface area contributed by atoms with Crippen LogP contribution in [0.3, 0.4) is 0 Å². The minimum Gasteiger partial charge on any atom is -0.258 e. The van der Waals surface area contributed by atoms with Gasteiger partial charge in [-0.05, 0) is 6.07 Å². The Hall–Kier alpha value is -0.590. The summed E-state index contributed by atoms with van der Waals surface area (Å²) in [5.74, 6) is 0. The second kappa shape index (κ2) is 5.84. The van der Waals surface area contributed by atoms with Crippen molar-refractivity contribution in [3.05, 3.63) is 34.4 Å². The van der Waals surface area contributed by atoms with Crippen LogP contribution in [0.4, 0.5) is 5.69 Å². The molecule has 0 heterocycles. The first-order chi connectivity index (χ1) is 7.79. The summed E-state index contributed by atoms with van der Waals surface area (Å²) < 4.78 is 0.722. The second-order valence-corrected chi connectivity index (χ2v) is 8.36. The van der Waals surface area contributed by atoms with Gasteiger partial charge in [0.15, 0.2) is 0 Å². The predicted molar refractivity (Wildman–Crippen MR) is 78.9 cm³/mol. The molecule has 0 saturated carbocycles. The lowest BCUT2D eigenvalue weighted by atomic mass is 10.3. The summed E-state index contributed by atoms with van der Waals surface area (Å²) in [5, 5.41) is 10.8. The zero-order valence-corrected chi connectivity index (χ0v) is 12.2. The maximum atomic E-state index is 10.8. The molecule has 1 aromatic rings. The zero-order valence-electron chi connectivity index (χ0n) is 9.80. The summed E-state index contributed by atoms with van der Waals surface area (Å²) in [5.41, 5.74) is 0.106. The Kier molecular flexibility index (Phi) is 4.97. The van der Waals surface area contributed by atoms with E-state index in [-0.39, 0.29) is 15.4 Å². The molecule has 0 amide bonds. The third-order valence-electron chi connectivity index (χ3n) is 1.64. The first-order valence-electron chi connectivity index (χ1n) is 4.94. The molecular weight excluding hydrogens is 274 g/mol. The minimum absolute atomic E-state index is 0.0215. The van der Waals surface area contributed by atoms with Gasteiger partial charge in [0.1, 0.15) is 3.53 Å². The number of rotatable bonds is 2. The van der Waals surface area contributed by atoms with E-state index in [4.69, 9.17) is 12.2 Å². The molecule has 0 aliphatic carbocycles. The number of thioether (sulfide) groups is 2. The summed E-state index contributed by atoms with van der Waals surface area (Å²) in [6.07, 6.45) is 0. The highest BCUT2D eigenvalue weighted by atomic mass is 32.2. The van der Waals surface area contributed by atoms with Crippen molar-refractivity contribution in [2.45, 2.75) is 30.4 Å². The molecule has 0 spiro atoms. The number of nitrogens with zero attached hydrogens (tertiary/aromatic N) is 1. The molecule has 0 N–H and O–H groups in total. The number of thiocarbonyl (C=S) groups is 1. The predicted octanol–water partition coefficient (Wildman–Crippen LogP) is 4.50. The van der Waals surface area contributed by atoms with Crippen molar-refractivity contribution in [2.75, 3.05) is 0 Å². The van der Waals surface area contributed by atoms with E-state index in [0.717, 1.165) is 0 Å². The van der Waals surface area contributed by atoms with E-state index in [1.807, 2.05) is 0 Å². The van der Waals surface area contributed by atoms with E-state index in [1.165, 1.54) is 17.8 Å². The molecule has 1 rings (SSSR count). The quantitative estimate of drug-likeness (QED) is 0.347. The number of para-hydroxylation sites is 1. The summed E-state index contributed by atoms with van der Waals surface area (Å²) in [4.78, 5) is 11.0. The zero-order chi connectivity index (χ0) is 13.1. The van der Waals surface area contributed by atoms with E-state index < -0.39 is 0 Å². The highest BCUT2D eigenvalue weighted by Crippen LogP contribution is 2.37. The lowest BCUT2D eigenvalue weighted by molar-refractivity contribution is -0.387. The van der Waals surface area contributed by atoms with Gasteiger partial charge in [-0.25, -0.2) is 0 Å². The van der Waals surface area contributed by atoms with Gasteiger partial charge in [-0.1, -0.05) is 56.9 Å². The van der Waals surface area contributed by atoms with Crippen LogP contribution < -0.4 is 0 Å². The third-order valence-corrected chi connectivity index (χ3v) is 4.16. The lowest BCUT2D eigenvalue weighted by Crippen LogP contribution is -2.09. The smallest absolute Gasteiger partial charge is 0.258 e. The molecule has 6 heteroatoms. The molecule has 0 fully saturated rings. The van der Waals surface area contributed by atoms with Gasteiger partial charge >= 0.3 is 0 Å². The van der Waals surface area contributed by atoms with Crippen LogP contribution in [0.1, 0.15) is 20.8 Å². The standard InChI is InChI=1S/C11H13NO2S3/c1-11(2,3)17-10(15)16-9-7-5-4-6-8(9)12(13)14/h4-7H,1-3H3. The number of nitro benzene ring substituents is 1. The van der Waals surface area contributed by atoms with Gasteiger partial charge in [0.2, 0.25) is 0 Å². The molecule has 0 saturated heterocycles. The molecule has 17 heavy (non-hydrogen) atoms. The number of nitro groups is 1. The maximum Gasteiger partial charge on any atom is 0.283 e. The van der Waals surface area contributed by atoms with Gasteiger partial charge in [-0.3, -0.25) is 10.1 Å². The fourth-order valence-electron chi connectivity index (χ4n) is 1.05. The molecule has 0 radical (unpaired) electrons. The normalized spacial score (nSPS) is 11.2. The Morgan fingerprint density at radius 1 is 1.35 bits per heavy atom. The minimum atomic E-state index is -0.382. The van der Waals surface area contributed by atoms with Crippen LogP contribution in [0.25, 0.3) is 0 Å². The lowest BCUT2D eigenvalue weighted by Gasteiger charge is -2.17. The Balaban J connectivity index is 2.82.